The highest BCUT2D eigenvalue weighted by atomic mass is 35.5. The van der Waals surface area contributed by atoms with Gasteiger partial charge >= 0.3 is 0 Å². The van der Waals surface area contributed by atoms with E-state index < -0.39 is 0 Å². The second-order valence-electron chi connectivity index (χ2n) is 5.77. The van der Waals surface area contributed by atoms with E-state index in [0.29, 0.717) is 30.1 Å². The molecule has 1 saturated heterocycles. The third-order valence-corrected chi connectivity index (χ3v) is 3.14. The average molecular weight is 346 g/mol. The Bertz CT molecular complexity index is 565. The number of carbonyl (C=O) groups excluding carboxylic acids is 1. The molecule has 0 bridgehead atoms. The van der Waals surface area contributed by atoms with Crippen LogP contribution in [0.1, 0.15) is 13.8 Å². The first kappa shape index (κ1) is 19.1. The zero-order chi connectivity index (χ0) is 16.2. The first-order valence-electron chi connectivity index (χ1n) is 6.92. The number of anilines is 1. The Morgan fingerprint density at radius 2 is 2.17 bits per heavy atom. The van der Waals surface area contributed by atoms with E-state index in [0.717, 1.165) is 0 Å². The minimum absolute atomic E-state index is 0. The van der Waals surface area contributed by atoms with Crippen molar-refractivity contribution in [3.05, 3.63) is 24.3 Å². The summed E-state index contributed by atoms with van der Waals surface area (Å²) >= 11 is 0. The number of nitrogens with one attached hydrogen (secondary N) is 1. The smallest absolute Gasteiger partial charge is 0.240 e. The molecule has 7 nitrogen and oxygen atoms in total. The van der Waals surface area contributed by atoms with Gasteiger partial charge in [-0.25, -0.2) is 14.4 Å². The molecule has 2 rings (SSSR count). The maximum absolute atomic E-state index is 12.4. The predicted molar refractivity (Wildman–Crippen MR) is 87.5 cm³/mol. The van der Waals surface area contributed by atoms with Crippen LogP contribution in [0.2, 0.25) is 0 Å². The second kappa shape index (κ2) is 8.07. The first-order valence-corrected chi connectivity index (χ1v) is 6.92. The van der Waals surface area contributed by atoms with Crippen LogP contribution in [0, 0.1) is 0 Å². The number of aromatic nitrogens is 2. The molecule has 0 saturated carbocycles. The Balaban J connectivity index is 0.00000264. The minimum atomic E-state index is -0.337. The molecule has 3 N–H and O–H groups in total. The summed E-state index contributed by atoms with van der Waals surface area (Å²) in [6, 6.07) is 0. The molecular weight excluding hydrogens is 325 g/mol. The molecule has 1 aliphatic rings. The number of amides is 1. The van der Waals surface area contributed by atoms with Crippen molar-refractivity contribution in [3.8, 4) is 5.75 Å². The van der Waals surface area contributed by atoms with Gasteiger partial charge in [0.15, 0.2) is 5.75 Å². The van der Waals surface area contributed by atoms with Crippen LogP contribution >= 0.6 is 12.4 Å². The molecule has 1 aliphatic heterocycles. The van der Waals surface area contributed by atoms with E-state index in [-0.39, 0.29) is 43.5 Å². The van der Waals surface area contributed by atoms with Crippen LogP contribution in [-0.4, -0.2) is 47.7 Å². The lowest BCUT2D eigenvalue weighted by atomic mass is 10.0. The lowest BCUT2D eigenvalue weighted by molar-refractivity contribution is -0.122. The van der Waals surface area contributed by atoms with Crippen LogP contribution in [0.3, 0.4) is 0 Å². The summed E-state index contributed by atoms with van der Waals surface area (Å²) in [5, 5.41) is 2.90. The third kappa shape index (κ3) is 5.33. The predicted octanol–water partition coefficient (Wildman–Crippen LogP) is 0.804. The number of piperazine rings is 1. The van der Waals surface area contributed by atoms with Gasteiger partial charge in [-0.3, -0.25) is 4.79 Å². The largest absolute Gasteiger partial charge is 0.486 e. The molecule has 0 aliphatic carbocycles. The Kier molecular flexibility index (Phi) is 6.71. The van der Waals surface area contributed by atoms with Crippen LogP contribution in [0.5, 0.6) is 5.75 Å². The lowest BCUT2D eigenvalue weighted by Gasteiger charge is -2.38. The van der Waals surface area contributed by atoms with Crippen molar-refractivity contribution in [2.45, 2.75) is 19.4 Å². The summed E-state index contributed by atoms with van der Waals surface area (Å²) in [5.41, 5.74) is 5.35. The SMILES string of the molecule is CC1(C)CN(c2ncc(OC/C(=C/F)CN)cn2)CC(=O)N1.Cl. The molecule has 0 radical (unpaired) electrons. The fraction of sp³-hybridized carbons (Fsp3) is 0.500. The van der Waals surface area contributed by atoms with Gasteiger partial charge in [-0.2, -0.15) is 0 Å². The zero-order valence-corrected chi connectivity index (χ0v) is 13.9. The van der Waals surface area contributed by atoms with E-state index in [1.807, 2.05) is 13.8 Å². The summed E-state index contributed by atoms with van der Waals surface area (Å²) in [4.78, 5) is 21.9. The summed E-state index contributed by atoms with van der Waals surface area (Å²) in [7, 11) is 0. The number of hydrogen-bond acceptors (Lipinski definition) is 6. The fourth-order valence-electron chi connectivity index (χ4n) is 2.16. The molecule has 0 unspecified atom stereocenters. The van der Waals surface area contributed by atoms with Gasteiger partial charge in [-0.05, 0) is 13.8 Å². The average Bonchev–Trinajstić information content (AvgIpc) is 2.47. The number of nitrogens with zero attached hydrogens (tertiary/aromatic N) is 3. The quantitative estimate of drug-likeness (QED) is 0.820. The van der Waals surface area contributed by atoms with Gasteiger partial charge in [0.1, 0.15) is 6.61 Å². The molecule has 128 valence electrons. The molecule has 1 aromatic rings. The van der Waals surface area contributed by atoms with E-state index in [1.54, 1.807) is 4.90 Å². The molecule has 0 atom stereocenters. The zero-order valence-electron chi connectivity index (χ0n) is 13.1. The molecular formula is C14H21ClFN5O2. The van der Waals surface area contributed by atoms with Crippen molar-refractivity contribution >= 4 is 24.3 Å². The summed E-state index contributed by atoms with van der Waals surface area (Å²) in [6.07, 6.45) is 3.42. The second-order valence-corrected chi connectivity index (χ2v) is 5.77. The highest BCUT2D eigenvalue weighted by Crippen LogP contribution is 2.18. The van der Waals surface area contributed by atoms with Gasteiger partial charge in [-0.1, -0.05) is 0 Å². The maximum atomic E-state index is 12.4. The standard InChI is InChI=1S/C14H20FN5O2.ClH/c1-14(2)9-20(7-12(21)19-14)13-17-5-11(6-18-13)22-8-10(3-15)4-16;/h3,5-6H,4,7-9,16H2,1-2H3,(H,19,21);1H/b10-3+;. The number of carbonyl (C=O) groups is 1. The van der Waals surface area contributed by atoms with Gasteiger partial charge in [-0.15, -0.1) is 12.4 Å². The lowest BCUT2D eigenvalue weighted by Crippen LogP contribution is -2.60. The van der Waals surface area contributed by atoms with Gasteiger partial charge in [0.25, 0.3) is 0 Å². The number of ether oxygens (including phenoxy) is 1. The molecule has 0 spiro atoms. The van der Waals surface area contributed by atoms with Crippen molar-refractivity contribution in [1.82, 2.24) is 15.3 Å². The number of hydrogen-bond donors (Lipinski definition) is 2. The summed E-state index contributed by atoms with van der Waals surface area (Å²) in [5.74, 6) is 0.800. The van der Waals surface area contributed by atoms with Crippen LogP contribution in [0.25, 0.3) is 0 Å². The van der Waals surface area contributed by atoms with Crippen LogP contribution in [-0.2, 0) is 4.79 Å². The topological polar surface area (TPSA) is 93.4 Å². The Hall–Kier alpha value is -1.93. The van der Waals surface area contributed by atoms with Gasteiger partial charge < -0.3 is 20.7 Å². The van der Waals surface area contributed by atoms with Crippen molar-refractivity contribution in [1.29, 1.82) is 0 Å². The highest BCUT2D eigenvalue weighted by molar-refractivity contribution is 5.85. The Morgan fingerprint density at radius 1 is 1.52 bits per heavy atom. The van der Waals surface area contributed by atoms with Crippen LogP contribution < -0.4 is 20.7 Å². The molecule has 9 heteroatoms. The monoisotopic (exact) mass is 345 g/mol. The van der Waals surface area contributed by atoms with Gasteiger partial charge in [0, 0.05) is 18.7 Å². The number of rotatable bonds is 5. The highest BCUT2D eigenvalue weighted by Gasteiger charge is 2.31. The maximum Gasteiger partial charge on any atom is 0.240 e. The van der Waals surface area contributed by atoms with E-state index in [4.69, 9.17) is 10.5 Å². The van der Waals surface area contributed by atoms with E-state index in [2.05, 4.69) is 15.3 Å². The fourth-order valence-corrected chi connectivity index (χ4v) is 2.16. The molecule has 0 aromatic carbocycles. The van der Waals surface area contributed by atoms with Crippen molar-refractivity contribution in [3.63, 3.8) is 0 Å². The van der Waals surface area contributed by atoms with Crippen LogP contribution in [0.4, 0.5) is 10.3 Å². The van der Waals surface area contributed by atoms with Gasteiger partial charge in [0.2, 0.25) is 11.9 Å². The minimum Gasteiger partial charge on any atom is -0.486 e. The normalized spacial score (nSPS) is 17.3. The first-order chi connectivity index (χ1) is 10.4. The molecule has 1 aromatic heterocycles. The summed E-state index contributed by atoms with van der Waals surface area (Å²) < 4.78 is 17.7. The molecule has 1 fully saturated rings. The molecule has 1 amide bonds. The molecule has 23 heavy (non-hydrogen) atoms. The van der Waals surface area contributed by atoms with E-state index in [9.17, 15) is 9.18 Å². The van der Waals surface area contributed by atoms with Crippen molar-refractivity contribution in [2.75, 3.05) is 31.1 Å². The number of halogens is 2. The Labute approximate surface area is 140 Å². The van der Waals surface area contributed by atoms with Crippen molar-refractivity contribution in [2.24, 2.45) is 5.73 Å². The Morgan fingerprint density at radius 3 is 2.70 bits per heavy atom. The molecule has 2 heterocycles. The summed E-state index contributed by atoms with van der Waals surface area (Å²) in [6.45, 7) is 4.84. The van der Waals surface area contributed by atoms with Crippen molar-refractivity contribution < 1.29 is 13.9 Å². The third-order valence-electron chi connectivity index (χ3n) is 3.14. The van der Waals surface area contributed by atoms with Gasteiger partial charge in [0.05, 0.1) is 30.8 Å². The van der Waals surface area contributed by atoms with E-state index >= 15 is 0 Å². The van der Waals surface area contributed by atoms with Crippen LogP contribution in [0.15, 0.2) is 24.3 Å². The van der Waals surface area contributed by atoms with E-state index in [1.165, 1.54) is 12.4 Å². The number of nitrogens with two attached hydrogens (primary N) is 1.